The van der Waals surface area contributed by atoms with Crippen molar-refractivity contribution in [3.05, 3.63) is 27.6 Å². The van der Waals surface area contributed by atoms with Crippen molar-refractivity contribution in [1.82, 2.24) is 4.90 Å². The summed E-state index contributed by atoms with van der Waals surface area (Å²) < 4.78 is 16.3. The number of halogens is 1. The van der Waals surface area contributed by atoms with Gasteiger partial charge in [0.05, 0.1) is 29.2 Å². The summed E-state index contributed by atoms with van der Waals surface area (Å²) in [5, 5.41) is 1.15. The van der Waals surface area contributed by atoms with Crippen LogP contribution in [0.5, 0.6) is 11.5 Å². The third kappa shape index (κ3) is 7.23. The van der Waals surface area contributed by atoms with Crippen LogP contribution in [0.1, 0.15) is 83.6 Å². The maximum Gasteiger partial charge on any atom is 0.344 e. The lowest BCUT2D eigenvalue weighted by Gasteiger charge is -2.31. The van der Waals surface area contributed by atoms with Gasteiger partial charge in [-0.1, -0.05) is 50.1 Å². The molecule has 1 amide bonds. The van der Waals surface area contributed by atoms with Crippen molar-refractivity contribution in [3.8, 4) is 11.5 Å². The molecule has 4 rings (SSSR count). The Labute approximate surface area is 228 Å². The SMILES string of the molecule is CCOC(=O)COc1c(Cl)cc(C=C2SC(=NC3CCCCC3)N(C3CCCCC3)C2=O)cc1OCC. The van der Waals surface area contributed by atoms with Crippen LogP contribution in [0, 0.1) is 0 Å². The van der Waals surface area contributed by atoms with Crippen LogP contribution in [0.2, 0.25) is 5.02 Å². The van der Waals surface area contributed by atoms with Crippen LogP contribution in [0.4, 0.5) is 0 Å². The number of hydrogen-bond acceptors (Lipinski definition) is 7. The number of carbonyl (C=O) groups excluding carboxylic acids is 2. The number of nitrogens with zero attached hydrogens (tertiary/aromatic N) is 2. The van der Waals surface area contributed by atoms with E-state index < -0.39 is 5.97 Å². The van der Waals surface area contributed by atoms with E-state index >= 15 is 0 Å². The highest BCUT2D eigenvalue weighted by Crippen LogP contribution is 2.41. The first-order valence-electron chi connectivity index (χ1n) is 13.6. The van der Waals surface area contributed by atoms with Gasteiger partial charge in [0, 0.05) is 6.04 Å². The summed E-state index contributed by atoms with van der Waals surface area (Å²) in [4.78, 5) is 33.1. The highest BCUT2D eigenvalue weighted by molar-refractivity contribution is 8.18. The number of hydrogen-bond donors (Lipinski definition) is 0. The Morgan fingerprint density at radius 3 is 2.43 bits per heavy atom. The Kier molecular flexibility index (Phi) is 10.2. The number of carbonyl (C=O) groups is 2. The van der Waals surface area contributed by atoms with Gasteiger partial charge in [-0.05, 0) is 75.1 Å². The van der Waals surface area contributed by atoms with Crippen LogP contribution < -0.4 is 9.47 Å². The van der Waals surface area contributed by atoms with Crippen molar-refractivity contribution in [2.45, 2.75) is 90.1 Å². The molecule has 3 aliphatic rings. The Balaban J connectivity index is 1.61. The molecule has 1 aromatic carbocycles. The van der Waals surface area contributed by atoms with E-state index in [4.69, 9.17) is 30.8 Å². The fourth-order valence-corrected chi connectivity index (χ4v) is 6.55. The number of ether oxygens (including phenoxy) is 3. The summed E-state index contributed by atoms with van der Waals surface area (Å²) in [6.07, 6.45) is 13.3. The number of rotatable bonds is 9. The van der Waals surface area contributed by atoms with Crippen LogP contribution in [0.3, 0.4) is 0 Å². The van der Waals surface area contributed by atoms with Gasteiger partial charge in [0.25, 0.3) is 5.91 Å². The van der Waals surface area contributed by atoms with Gasteiger partial charge in [0.1, 0.15) is 0 Å². The first-order valence-corrected chi connectivity index (χ1v) is 14.7. The van der Waals surface area contributed by atoms with Gasteiger partial charge in [-0.2, -0.15) is 0 Å². The van der Waals surface area contributed by atoms with Gasteiger partial charge in [-0.15, -0.1) is 0 Å². The molecule has 0 atom stereocenters. The fraction of sp³-hybridized carbons (Fsp3) is 0.607. The smallest absolute Gasteiger partial charge is 0.344 e. The summed E-state index contributed by atoms with van der Waals surface area (Å²) in [5.41, 5.74) is 0.732. The zero-order valence-corrected chi connectivity index (χ0v) is 23.4. The number of aliphatic imine (C=N–C) groups is 1. The number of thioether (sulfide) groups is 1. The number of amidine groups is 1. The second-order valence-electron chi connectivity index (χ2n) is 9.64. The molecule has 7 nitrogen and oxygen atoms in total. The molecule has 202 valence electrons. The molecular formula is C28H37ClN2O5S. The van der Waals surface area contributed by atoms with Gasteiger partial charge >= 0.3 is 5.97 Å². The highest BCUT2D eigenvalue weighted by atomic mass is 35.5. The molecule has 1 aromatic rings. The van der Waals surface area contributed by atoms with Crippen molar-refractivity contribution >= 4 is 46.5 Å². The molecule has 2 saturated carbocycles. The van der Waals surface area contributed by atoms with Gasteiger partial charge in [0.15, 0.2) is 23.3 Å². The van der Waals surface area contributed by atoms with Crippen LogP contribution in [-0.2, 0) is 14.3 Å². The molecule has 1 saturated heterocycles. The van der Waals surface area contributed by atoms with Crippen molar-refractivity contribution in [1.29, 1.82) is 0 Å². The quantitative estimate of drug-likeness (QED) is 0.255. The molecule has 0 aromatic heterocycles. The van der Waals surface area contributed by atoms with E-state index in [1.165, 1.54) is 37.4 Å². The molecular weight excluding hydrogens is 512 g/mol. The molecule has 0 unspecified atom stereocenters. The summed E-state index contributed by atoms with van der Waals surface area (Å²) in [5.74, 6) is 0.241. The Bertz CT molecular complexity index is 1030. The van der Waals surface area contributed by atoms with Crippen molar-refractivity contribution in [3.63, 3.8) is 0 Å². The zero-order valence-electron chi connectivity index (χ0n) is 21.8. The first-order chi connectivity index (χ1) is 18.0. The minimum Gasteiger partial charge on any atom is -0.490 e. The number of esters is 1. The van der Waals surface area contributed by atoms with E-state index in [1.54, 1.807) is 19.1 Å². The highest BCUT2D eigenvalue weighted by Gasteiger charge is 2.39. The fourth-order valence-electron chi connectivity index (χ4n) is 5.16. The van der Waals surface area contributed by atoms with Crippen LogP contribution in [-0.4, -0.2) is 53.8 Å². The normalized spacial score (nSPS) is 21.6. The molecule has 2 aliphatic carbocycles. The topological polar surface area (TPSA) is 77.4 Å². The second kappa shape index (κ2) is 13.6. The Morgan fingerprint density at radius 1 is 1.05 bits per heavy atom. The molecule has 9 heteroatoms. The largest absolute Gasteiger partial charge is 0.490 e. The molecule has 3 fully saturated rings. The maximum atomic E-state index is 13.7. The third-order valence-electron chi connectivity index (χ3n) is 6.91. The minimum atomic E-state index is -0.479. The first kappa shape index (κ1) is 27.8. The molecule has 0 bridgehead atoms. The van der Waals surface area contributed by atoms with E-state index in [1.807, 2.05) is 17.9 Å². The maximum absolute atomic E-state index is 13.7. The zero-order chi connectivity index (χ0) is 26.2. The molecule has 37 heavy (non-hydrogen) atoms. The predicted molar refractivity (Wildman–Crippen MR) is 148 cm³/mol. The average Bonchev–Trinajstić information content (AvgIpc) is 3.19. The Morgan fingerprint density at radius 2 is 1.76 bits per heavy atom. The van der Waals surface area contributed by atoms with Crippen molar-refractivity contribution in [2.24, 2.45) is 4.99 Å². The Hall–Kier alpha value is -2.19. The van der Waals surface area contributed by atoms with Crippen LogP contribution in [0.25, 0.3) is 6.08 Å². The minimum absolute atomic E-state index is 0.0168. The van der Waals surface area contributed by atoms with Crippen molar-refractivity contribution < 1.29 is 23.8 Å². The third-order valence-corrected chi connectivity index (χ3v) is 8.19. The van der Waals surface area contributed by atoms with E-state index in [9.17, 15) is 9.59 Å². The van der Waals surface area contributed by atoms with E-state index in [0.29, 0.717) is 28.3 Å². The van der Waals surface area contributed by atoms with Crippen LogP contribution in [0.15, 0.2) is 22.0 Å². The summed E-state index contributed by atoms with van der Waals surface area (Å²) in [6, 6.07) is 4.03. The van der Waals surface area contributed by atoms with Crippen LogP contribution >= 0.6 is 23.4 Å². The van der Waals surface area contributed by atoms with E-state index in [0.717, 1.165) is 49.3 Å². The van der Waals surface area contributed by atoms with Gasteiger partial charge in [0.2, 0.25) is 0 Å². The molecule has 1 aliphatic heterocycles. The van der Waals surface area contributed by atoms with E-state index in [2.05, 4.69) is 0 Å². The number of benzene rings is 1. The predicted octanol–water partition coefficient (Wildman–Crippen LogP) is 6.62. The number of amides is 1. The lowest BCUT2D eigenvalue weighted by Crippen LogP contribution is -2.41. The van der Waals surface area contributed by atoms with Gasteiger partial charge < -0.3 is 14.2 Å². The molecule has 0 spiro atoms. The second-order valence-corrected chi connectivity index (χ2v) is 11.1. The summed E-state index contributed by atoms with van der Waals surface area (Å²) >= 11 is 8.02. The summed E-state index contributed by atoms with van der Waals surface area (Å²) in [7, 11) is 0. The van der Waals surface area contributed by atoms with Gasteiger partial charge in [-0.3, -0.25) is 14.7 Å². The standard InChI is InChI=1S/C28H37ClN2O5S/c1-3-34-23-16-19(15-22(29)26(23)36-18-25(32)35-4-2)17-24-27(33)31(21-13-9-6-10-14-21)28(37-24)30-20-11-7-5-8-12-20/h15-17,20-21H,3-14,18H2,1-2H3. The van der Waals surface area contributed by atoms with Gasteiger partial charge in [-0.25, -0.2) is 4.79 Å². The lowest BCUT2D eigenvalue weighted by molar-refractivity contribution is -0.145. The molecule has 1 heterocycles. The molecule has 0 N–H and O–H groups in total. The van der Waals surface area contributed by atoms with E-state index in [-0.39, 0.29) is 30.9 Å². The monoisotopic (exact) mass is 548 g/mol. The van der Waals surface area contributed by atoms with Crippen molar-refractivity contribution in [2.75, 3.05) is 19.8 Å². The summed E-state index contributed by atoms with van der Waals surface area (Å²) in [6.45, 7) is 4.01. The molecule has 0 radical (unpaired) electrons. The lowest BCUT2D eigenvalue weighted by atomic mass is 9.94. The average molecular weight is 549 g/mol.